The van der Waals surface area contributed by atoms with E-state index in [1.165, 1.54) is 18.5 Å². The summed E-state index contributed by atoms with van der Waals surface area (Å²) in [6, 6.07) is 0.439. The van der Waals surface area contributed by atoms with Gasteiger partial charge in [0.15, 0.2) is 5.65 Å². The van der Waals surface area contributed by atoms with Crippen molar-refractivity contribution in [2.45, 2.75) is 18.9 Å². The fourth-order valence-electron chi connectivity index (χ4n) is 2.08. The molecule has 1 N–H and O–H groups in total. The summed E-state index contributed by atoms with van der Waals surface area (Å²) in [7, 11) is 0. The molecule has 15 heavy (non-hydrogen) atoms. The van der Waals surface area contributed by atoms with Crippen LogP contribution in [0.25, 0.3) is 5.65 Å². The molecule has 5 heteroatoms. The quantitative estimate of drug-likeness (QED) is 0.858. The summed E-state index contributed by atoms with van der Waals surface area (Å²) in [6.07, 6.45) is 8.12. The Kier molecular flexibility index (Phi) is 2.21. The lowest BCUT2D eigenvalue weighted by Gasteiger charge is -2.09. The lowest BCUT2D eigenvalue weighted by Crippen LogP contribution is -2.14. The number of aromatic nitrogens is 3. The molecule has 78 valence electrons. The minimum absolute atomic E-state index is 0.439. The van der Waals surface area contributed by atoms with Crippen LogP contribution in [0, 0.1) is 0 Å². The van der Waals surface area contributed by atoms with Crippen LogP contribution in [-0.2, 0) is 0 Å². The van der Waals surface area contributed by atoms with Crippen LogP contribution in [0.1, 0.15) is 24.6 Å². The Labute approximate surface area is 95.9 Å². The molecular formula is C10H11BrN4. The highest BCUT2D eigenvalue weighted by Crippen LogP contribution is 2.24. The van der Waals surface area contributed by atoms with Crippen LogP contribution in [0.2, 0.25) is 0 Å². The molecule has 2 aromatic rings. The number of rotatable bonds is 1. The smallest absolute Gasteiger partial charge is 0.155 e. The van der Waals surface area contributed by atoms with Gasteiger partial charge in [0.1, 0.15) is 4.60 Å². The summed E-state index contributed by atoms with van der Waals surface area (Å²) in [6.45, 7) is 1.10. The molecule has 0 spiro atoms. The van der Waals surface area contributed by atoms with Gasteiger partial charge in [0.2, 0.25) is 0 Å². The van der Waals surface area contributed by atoms with Crippen molar-refractivity contribution in [3.05, 3.63) is 28.9 Å². The summed E-state index contributed by atoms with van der Waals surface area (Å²) in [5.41, 5.74) is 2.13. The van der Waals surface area contributed by atoms with Crippen molar-refractivity contribution in [3.8, 4) is 0 Å². The Morgan fingerprint density at radius 2 is 2.33 bits per heavy atom. The number of fused-ring (bicyclic) bond motifs is 1. The van der Waals surface area contributed by atoms with E-state index < -0.39 is 0 Å². The molecule has 1 aliphatic heterocycles. The number of hydrogen-bond donors (Lipinski definition) is 1. The third-order valence-corrected chi connectivity index (χ3v) is 3.22. The second-order valence-electron chi connectivity index (χ2n) is 3.77. The Bertz CT molecular complexity index is 487. The molecule has 3 rings (SSSR count). The van der Waals surface area contributed by atoms with Crippen molar-refractivity contribution in [2.24, 2.45) is 0 Å². The number of nitrogens with zero attached hydrogens (tertiary/aromatic N) is 3. The standard InChI is InChI=1S/C10H11BrN4/c11-9-6-15-8(7-2-1-3-12-7)4-14-10(15)5-13-9/h4-7,12H,1-3H2. The first-order chi connectivity index (χ1) is 7.34. The minimum atomic E-state index is 0.439. The van der Waals surface area contributed by atoms with E-state index in [4.69, 9.17) is 0 Å². The van der Waals surface area contributed by atoms with Crippen LogP contribution in [-0.4, -0.2) is 20.9 Å². The van der Waals surface area contributed by atoms with Gasteiger partial charge >= 0.3 is 0 Å². The zero-order chi connectivity index (χ0) is 10.3. The van der Waals surface area contributed by atoms with Crippen LogP contribution in [0.3, 0.4) is 0 Å². The SMILES string of the molecule is Brc1cn2c(C3CCCN3)cnc2cn1. The summed E-state index contributed by atoms with van der Waals surface area (Å²) >= 11 is 3.38. The fourth-order valence-corrected chi connectivity index (χ4v) is 2.39. The number of nitrogens with one attached hydrogen (secondary N) is 1. The molecule has 2 aromatic heterocycles. The van der Waals surface area contributed by atoms with Gasteiger partial charge in [-0.2, -0.15) is 0 Å². The minimum Gasteiger partial charge on any atom is -0.309 e. The summed E-state index contributed by atoms with van der Waals surface area (Å²) in [4.78, 5) is 8.50. The molecule has 4 nitrogen and oxygen atoms in total. The van der Waals surface area contributed by atoms with Crippen LogP contribution in [0.5, 0.6) is 0 Å². The first-order valence-corrected chi connectivity index (χ1v) is 5.86. The van der Waals surface area contributed by atoms with Gasteiger partial charge in [-0.05, 0) is 35.3 Å². The van der Waals surface area contributed by atoms with Crippen molar-refractivity contribution < 1.29 is 0 Å². The van der Waals surface area contributed by atoms with Crippen LogP contribution in [0.4, 0.5) is 0 Å². The summed E-state index contributed by atoms with van der Waals surface area (Å²) in [5, 5.41) is 3.47. The Morgan fingerprint density at radius 1 is 1.40 bits per heavy atom. The van der Waals surface area contributed by atoms with Gasteiger partial charge in [-0.3, -0.25) is 4.40 Å². The van der Waals surface area contributed by atoms with Crippen LogP contribution < -0.4 is 5.32 Å². The molecule has 0 aliphatic carbocycles. The molecule has 3 heterocycles. The van der Waals surface area contributed by atoms with Crippen molar-refractivity contribution in [1.29, 1.82) is 0 Å². The monoisotopic (exact) mass is 266 g/mol. The molecule has 0 amide bonds. The van der Waals surface area contributed by atoms with Gasteiger partial charge in [0, 0.05) is 12.2 Å². The van der Waals surface area contributed by atoms with Gasteiger partial charge in [-0.15, -0.1) is 0 Å². The van der Waals surface area contributed by atoms with E-state index in [9.17, 15) is 0 Å². The largest absolute Gasteiger partial charge is 0.309 e. The van der Waals surface area contributed by atoms with Crippen molar-refractivity contribution in [3.63, 3.8) is 0 Å². The highest BCUT2D eigenvalue weighted by molar-refractivity contribution is 9.10. The molecule has 1 saturated heterocycles. The van der Waals surface area contributed by atoms with E-state index in [1.807, 2.05) is 12.4 Å². The van der Waals surface area contributed by atoms with E-state index in [-0.39, 0.29) is 0 Å². The predicted octanol–water partition coefficient (Wildman–Crippen LogP) is 1.92. The molecule has 0 radical (unpaired) electrons. The van der Waals surface area contributed by atoms with E-state index >= 15 is 0 Å². The van der Waals surface area contributed by atoms with E-state index in [2.05, 4.69) is 35.6 Å². The highest BCUT2D eigenvalue weighted by Gasteiger charge is 2.19. The van der Waals surface area contributed by atoms with E-state index in [0.717, 1.165) is 16.8 Å². The zero-order valence-corrected chi connectivity index (χ0v) is 9.74. The third kappa shape index (κ3) is 1.55. The predicted molar refractivity (Wildman–Crippen MR) is 60.7 cm³/mol. The van der Waals surface area contributed by atoms with E-state index in [0.29, 0.717) is 6.04 Å². The Morgan fingerprint density at radius 3 is 3.13 bits per heavy atom. The summed E-state index contributed by atoms with van der Waals surface area (Å²) < 4.78 is 2.94. The summed E-state index contributed by atoms with van der Waals surface area (Å²) in [5.74, 6) is 0. The average Bonchev–Trinajstić information content (AvgIpc) is 2.83. The maximum Gasteiger partial charge on any atom is 0.155 e. The van der Waals surface area contributed by atoms with E-state index in [1.54, 1.807) is 6.20 Å². The molecule has 0 aromatic carbocycles. The zero-order valence-electron chi connectivity index (χ0n) is 8.15. The van der Waals surface area contributed by atoms with Crippen LogP contribution in [0.15, 0.2) is 23.2 Å². The number of halogens is 1. The normalized spacial score (nSPS) is 21.3. The molecule has 1 fully saturated rings. The first-order valence-electron chi connectivity index (χ1n) is 5.06. The molecule has 1 aliphatic rings. The van der Waals surface area contributed by atoms with Gasteiger partial charge in [0.05, 0.1) is 18.1 Å². The molecular weight excluding hydrogens is 256 g/mol. The van der Waals surface area contributed by atoms with Crippen LogP contribution >= 0.6 is 15.9 Å². The van der Waals surface area contributed by atoms with Gasteiger partial charge in [-0.1, -0.05) is 0 Å². The second-order valence-corrected chi connectivity index (χ2v) is 4.58. The number of hydrogen-bond acceptors (Lipinski definition) is 3. The first kappa shape index (κ1) is 9.30. The number of imidazole rings is 1. The van der Waals surface area contributed by atoms with Gasteiger partial charge in [-0.25, -0.2) is 9.97 Å². The Hall–Kier alpha value is -0.940. The molecule has 0 saturated carbocycles. The van der Waals surface area contributed by atoms with Crippen molar-refractivity contribution >= 4 is 21.6 Å². The van der Waals surface area contributed by atoms with Gasteiger partial charge in [0.25, 0.3) is 0 Å². The molecule has 1 unspecified atom stereocenters. The third-order valence-electron chi connectivity index (χ3n) is 2.81. The topological polar surface area (TPSA) is 42.2 Å². The average molecular weight is 267 g/mol. The maximum absolute atomic E-state index is 4.34. The Balaban J connectivity index is 2.13. The molecule has 1 atom stereocenters. The van der Waals surface area contributed by atoms with Gasteiger partial charge < -0.3 is 5.32 Å². The second kappa shape index (κ2) is 3.57. The maximum atomic E-state index is 4.34. The van der Waals surface area contributed by atoms with Crippen molar-refractivity contribution in [2.75, 3.05) is 6.54 Å². The molecule has 0 bridgehead atoms. The fraction of sp³-hybridized carbons (Fsp3) is 0.400. The van der Waals surface area contributed by atoms with Crippen molar-refractivity contribution in [1.82, 2.24) is 19.7 Å². The highest BCUT2D eigenvalue weighted by atomic mass is 79.9. The lowest BCUT2D eigenvalue weighted by molar-refractivity contribution is 0.622. The lowest BCUT2D eigenvalue weighted by atomic mass is 10.2.